The van der Waals surface area contributed by atoms with E-state index in [1.54, 1.807) is 32.0 Å². The zero-order valence-electron chi connectivity index (χ0n) is 9.26. The van der Waals surface area contributed by atoms with Crippen molar-refractivity contribution in [3.63, 3.8) is 0 Å². The Kier molecular flexibility index (Phi) is 3.14. The van der Waals surface area contributed by atoms with Gasteiger partial charge in [0.1, 0.15) is 11.3 Å². The van der Waals surface area contributed by atoms with E-state index in [1.165, 1.54) is 0 Å². The van der Waals surface area contributed by atoms with E-state index in [2.05, 4.69) is 0 Å². The second kappa shape index (κ2) is 4.58. The van der Waals surface area contributed by atoms with Crippen molar-refractivity contribution in [2.45, 2.75) is 20.0 Å². The second-order valence-corrected chi connectivity index (χ2v) is 4.56. The number of fused-ring (bicyclic) bond motifs is 1. The van der Waals surface area contributed by atoms with Crippen molar-refractivity contribution in [2.75, 3.05) is 0 Å². The number of benzene rings is 1. The van der Waals surface area contributed by atoms with E-state index in [9.17, 15) is 9.59 Å². The van der Waals surface area contributed by atoms with Gasteiger partial charge in [0.15, 0.2) is 0 Å². The summed E-state index contributed by atoms with van der Waals surface area (Å²) in [7, 11) is 0. The van der Waals surface area contributed by atoms with Crippen LogP contribution in [0.1, 0.15) is 13.8 Å². The maximum atomic E-state index is 11.2. The molecule has 90 valence electrons. The first kappa shape index (κ1) is 11.7. The first-order valence-corrected chi connectivity index (χ1v) is 5.78. The lowest BCUT2D eigenvalue weighted by Crippen LogP contribution is -2.15. The maximum absolute atomic E-state index is 11.2. The van der Waals surface area contributed by atoms with Crippen molar-refractivity contribution < 1.29 is 18.7 Å². The normalized spacial score (nSPS) is 10.8. The van der Waals surface area contributed by atoms with Gasteiger partial charge in [-0.25, -0.2) is 9.59 Å². The topological polar surface area (TPSA) is 65.7 Å². The Hall–Kier alpha value is -1.82. The molecule has 1 aromatic carbocycles. The molecule has 1 heterocycles. The van der Waals surface area contributed by atoms with Crippen LogP contribution in [0.4, 0.5) is 4.79 Å². The van der Waals surface area contributed by atoms with Crippen LogP contribution in [0.5, 0.6) is 5.75 Å². The fraction of sp³-hybridized carbons (Fsp3) is 0.273. The summed E-state index contributed by atoms with van der Waals surface area (Å²) in [6, 6.07) is 4.68. The van der Waals surface area contributed by atoms with E-state index in [4.69, 9.17) is 13.9 Å². The Morgan fingerprint density at radius 1 is 1.41 bits per heavy atom. The Labute approximate surface area is 101 Å². The molecule has 1 aromatic heterocycles. The largest absolute Gasteiger partial charge is 0.514 e. The molecule has 6 heteroatoms. The zero-order valence-corrected chi connectivity index (χ0v) is 10.1. The highest BCUT2D eigenvalue weighted by Crippen LogP contribution is 2.23. The molecule has 0 aliphatic heterocycles. The van der Waals surface area contributed by atoms with Crippen molar-refractivity contribution in [3.05, 3.63) is 27.9 Å². The average molecular weight is 254 g/mol. The van der Waals surface area contributed by atoms with Crippen LogP contribution in [-0.4, -0.2) is 12.3 Å². The minimum Gasteiger partial charge on any atom is -0.431 e. The molecule has 2 rings (SSSR count). The molecule has 0 aliphatic rings. The van der Waals surface area contributed by atoms with Crippen LogP contribution < -0.4 is 9.68 Å². The van der Waals surface area contributed by atoms with Gasteiger partial charge in [-0.3, -0.25) is 0 Å². The van der Waals surface area contributed by atoms with E-state index in [1.807, 2.05) is 0 Å². The lowest BCUT2D eigenvalue weighted by Gasteiger charge is -2.07. The lowest BCUT2D eigenvalue weighted by molar-refractivity contribution is 0.0729. The molecule has 0 N–H and O–H groups in total. The minimum absolute atomic E-state index is 0.240. The van der Waals surface area contributed by atoms with E-state index in [0.29, 0.717) is 16.0 Å². The fourth-order valence-electron chi connectivity index (χ4n) is 1.23. The van der Waals surface area contributed by atoms with Crippen molar-refractivity contribution in [3.8, 4) is 5.75 Å². The van der Waals surface area contributed by atoms with Crippen LogP contribution in [-0.2, 0) is 4.74 Å². The molecule has 0 spiro atoms. The molecule has 0 saturated carbocycles. The number of carbonyl (C=O) groups excluding carboxylic acids is 1. The highest BCUT2D eigenvalue weighted by Gasteiger charge is 2.10. The lowest BCUT2D eigenvalue weighted by atomic mass is 10.3. The summed E-state index contributed by atoms with van der Waals surface area (Å²) in [6.45, 7) is 3.46. The van der Waals surface area contributed by atoms with Gasteiger partial charge in [-0.05, 0) is 26.0 Å². The maximum Gasteiger partial charge on any atom is 0.514 e. The third-order valence-electron chi connectivity index (χ3n) is 1.83. The quantitative estimate of drug-likeness (QED) is 0.609. The van der Waals surface area contributed by atoms with Crippen LogP contribution in [0, 0.1) is 0 Å². The zero-order chi connectivity index (χ0) is 12.4. The third-order valence-corrected chi connectivity index (χ3v) is 2.62. The fourth-order valence-corrected chi connectivity index (χ4v) is 1.93. The van der Waals surface area contributed by atoms with Crippen molar-refractivity contribution in [2.24, 2.45) is 0 Å². The molecule has 0 unspecified atom stereocenters. The molecule has 0 bridgehead atoms. The predicted octanol–water partition coefficient (Wildman–Crippen LogP) is 2.78. The number of ether oxygens (including phenoxy) is 2. The Morgan fingerprint density at radius 2 is 2.18 bits per heavy atom. The summed E-state index contributed by atoms with van der Waals surface area (Å²) in [5, 5.41) is 0. The monoisotopic (exact) mass is 254 g/mol. The standard InChI is InChI=1S/C11H10O5S/c1-6(2)14-10(12)15-7-3-4-8-9(5-7)17-11(13)16-8/h3-6H,1-2H3. The molecule has 0 saturated heterocycles. The van der Waals surface area contributed by atoms with Crippen LogP contribution in [0.25, 0.3) is 10.3 Å². The number of rotatable bonds is 2. The van der Waals surface area contributed by atoms with Crippen LogP contribution in [0.15, 0.2) is 27.4 Å². The molecule has 5 nitrogen and oxygen atoms in total. The molecule has 17 heavy (non-hydrogen) atoms. The molecule has 0 radical (unpaired) electrons. The highest BCUT2D eigenvalue weighted by molar-refractivity contribution is 7.16. The minimum atomic E-state index is -0.768. The average Bonchev–Trinajstić information content (AvgIpc) is 2.55. The van der Waals surface area contributed by atoms with Gasteiger partial charge in [0.05, 0.1) is 10.8 Å². The van der Waals surface area contributed by atoms with Gasteiger partial charge in [0.2, 0.25) is 0 Å². The van der Waals surface area contributed by atoms with Gasteiger partial charge in [0, 0.05) is 6.07 Å². The van der Waals surface area contributed by atoms with Gasteiger partial charge in [-0.2, -0.15) is 0 Å². The summed E-state index contributed by atoms with van der Waals surface area (Å²) in [4.78, 5) is 21.8. The van der Waals surface area contributed by atoms with Crippen LogP contribution in [0.2, 0.25) is 0 Å². The van der Waals surface area contributed by atoms with Crippen LogP contribution >= 0.6 is 11.3 Å². The van der Waals surface area contributed by atoms with E-state index in [-0.39, 0.29) is 11.0 Å². The van der Waals surface area contributed by atoms with E-state index < -0.39 is 6.16 Å². The molecular formula is C11H10O5S. The third kappa shape index (κ3) is 2.85. The molecule has 0 atom stereocenters. The Morgan fingerprint density at radius 3 is 2.88 bits per heavy atom. The summed E-state index contributed by atoms with van der Waals surface area (Å²) < 4.78 is 15.3. The molecule has 2 aromatic rings. The first-order chi connectivity index (χ1) is 8.04. The summed E-state index contributed by atoms with van der Waals surface area (Å²) in [6.07, 6.45) is -1.01. The van der Waals surface area contributed by atoms with E-state index in [0.717, 1.165) is 11.3 Å². The van der Waals surface area contributed by atoms with Gasteiger partial charge in [-0.1, -0.05) is 11.3 Å². The number of hydrogen-bond donors (Lipinski definition) is 0. The first-order valence-electron chi connectivity index (χ1n) is 4.97. The molecule has 0 fully saturated rings. The summed E-state index contributed by atoms with van der Waals surface area (Å²) in [5.41, 5.74) is 0.476. The molecule has 0 amide bonds. The van der Waals surface area contributed by atoms with Crippen molar-refractivity contribution in [1.82, 2.24) is 0 Å². The molecular weight excluding hydrogens is 244 g/mol. The SMILES string of the molecule is CC(C)OC(=O)Oc1ccc2oc(=O)sc2c1. The second-order valence-electron chi connectivity index (χ2n) is 3.58. The molecule has 0 aliphatic carbocycles. The van der Waals surface area contributed by atoms with Gasteiger partial charge < -0.3 is 13.9 Å². The van der Waals surface area contributed by atoms with Gasteiger partial charge in [0.25, 0.3) is 0 Å². The van der Waals surface area contributed by atoms with E-state index >= 15 is 0 Å². The number of hydrogen-bond acceptors (Lipinski definition) is 6. The van der Waals surface area contributed by atoms with Crippen LogP contribution in [0.3, 0.4) is 0 Å². The van der Waals surface area contributed by atoms with Gasteiger partial charge >= 0.3 is 11.1 Å². The predicted molar refractivity (Wildman–Crippen MR) is 62.6 cm³/mol. The van der Waals surface area contributed by atoms with Crippen molar-refractivity contribution >= 4 is 27.8 Å². The summed E-state index contributed by atoms with van der Waals surface area (Å²) in [5.74, 6) is 0.320. The van der Waals surface area contributed by atoms with Crippen molar-refractivity contribution in [1.29, 1.82) is 0 Å². The van der Waals surface area contributed by atoms with Gasteiger partial charge in [-0.15, -0.1) is 0 Å². The Bertz CT molecular complexity index is 595. The summed E-state index contributed by atoms with van der Waals surface area (Å²) >= 11 is 0.953. The number of carbonyl (C=O) groups is 1. The smallest absolute Gasteiger partial charge is 0.431 e. The Balaban J connectivity index is 2.19. The highest BCUT2D eigenvalue weighted by atomic mass is 32.1.